The van der Waals surface area contributed by atoms with Gasteiger partial charge in [-0.05, 0) is 5.57 Å². The Labute approximate surface area is 54.4 Å². The summed E-state index contributed by atoms with van der Waals surface area (Å²) < 4.78 is 0. The second-order valence-electron chi connectivity index (χ2n) is 1.45. The van der Waals surface area contributed by atoms with Crippen LogP contribution in [0, 0.1) is 0 Å². The molecule has 2 nitrogen and oxygen atoms in total. The summed E-state index contributed by atoms with van der Waals surface area (Å²) in [5, 5.41) is 0. The van der Waals surface area contributed by atoms with Gasteiger partial charge in [0.2, 0.25) is 5.91 Å². The van der Waals surface area contributed by atoms with Crippen molar-refractivity contribution in [2.75, 3.05) is 0 Å². The molecule has 0 aromatic carbocycles. The molecule has 2 heteroatoms. The van der Waals surface area contributed by atoms with Crippen molar-refractivity contribution in [3.63, 3.8) is 0 Å². The van der Waals surface area contributed by atoms with Gasteiger partial charge in [0.15, 0.2) is 0 Å². The Kier molecular flexibility index (Phi) is 3.13. The lowest BCUT2D eigenvalue weighted by molar-refractivity contribution is -0.113. The van der Waals surface area contributed by atoms with Gasteiger partial charge in [0.25, 0.3) is 0 Å². The third-order valence-electron chi connectivity index (χ3n) is 0.780. The van der Waals surface area contributed by atoms with Gasteiger partial charge >= 0.3 is 0 Å². The number of carbonyl (C=O) groups excluding carboxylic acids is 1. The molecule has 9 heavy (non-hydrogen) atoms. The first-order valence-electron chi connectivity index (χ1n) is 2.46. The van der Waals surface area contributed by atoms with E-state index >= 15 is 0 Å². The molecule has 48 valence electrons. The van der Waals surface area contributed by atoms with E-state index in [1.54, 1.807) is 0 Å². The smallest absolute Gasteiger partial charge is 0.241 e. The number of allylic oxidation sites excluding steroid dienone is 3. The lowest BCUT2D eigenvalue weighted by Gasteiger charge is -1.86. The van der Waals surface area contributed by atoms with Crippen LogP contribution in [0.5, 0.6) is 0 Å². The quantitative estimate of drug-likeness (QED) is 0.437. The second-order valence-corrected chi connectivity index (χ2v) is 1.45. The molecule has 0 aromatic rings. The zero-order valence-electron chi connectivity index (χ0n) is 5.13. The highest BCUT2D eigenvalue weighted by Crippen LogP contribution is 1.93. The summed E-state index contributed by atoms with van der Waals surface area (Å²) in [7, 11) is 0. The Morgan fingerprint density at radius 2 is 1.78 bits per heavy atom. The van der Waals surface area contributed by atoms with Crippen LogP contribution in [0.3, 0.4) is 0 Å². The molecule has 0 aliphatic carbocycles. The zero-order valence-corrected chi connectivity index (χ0v) is 5.13. The van der Waals surface area contributed by atoms with Crippen LogP contribution in [-0.2, 0) is 4.79 Å². The molecule has 0 aliphatic heterocycles. The van der Waals surface area contributed by atoms with Gasteiger partial charge in [0.1, 0.15) is 0 Å². The molecule has 0 rings (SSSR count). The summed E-state index contributed by atoms with van der Waals surface area (Å²) in [5.74, 6) is -0.482. The van der Waals surface area contributed by atoms with Crippen LogP contribution in [0.25, 0.3) is 0 Å². The SMILES string of the molecule is C=CC(C=C)=CC(N)=O. The Balaban J connectivity index is 4.24. The van der Waals surface area contributed by atoms with Crippen LogP contribution in [-0.4, -0.2) is 5.91 Å². The second kappa shape index (κ2) is 3.66. The summed E-state index contributed by atoms with van der Waals surface area (Å²) in [5.41, 5.74) is 5.47. The van der Waals surface area contributed by atoms with Crippen molar-refractivity contribution in [1.82, 2.24) is 0 Å². The van der Waals surface area contributed by atoms with Crippen LogP contribution in [0.4, 0.5) is 0 Å². The van der Waals surface area contributed by atoms with E-state index in [0.717, 1.165) is 0 Å². The van der Waals surface area contributed by atoms with Crippen LogP contribution in [0.15, 0.2) is 37.0 Å². The van der Waals surface area contributed by atoms with Gasteiger partial charge in [-0.2, -0.15) is 0 Å². The van der Waals surface area contributed by atoms with Crippen molar-refractivity contribution in [3.05, 3.63) is 37.0 Å². The number of carbonyl (C=O) groups is 1. The van der Waals surface area contributed by atoms with Crippen molar-refractivity contribution in [1.29, 1.82) is 0 Å². The summed E-state index contributed by atoms with van der Waals surface area (Å²) in [6, 6.07) is 0. The lowest BCUT2D eigenvalue weighted by Crippen LogP contribution is -2.06. The fraction of sp³-hybridized carbons (Fsp3) is 0. The fourth-order valence-corrected chi connectivity index (χ4v) is 0.365. The molecule has 0 radical (unpaired) electrons. The monoisotopic (exact) mass is 123 g/mol. The Hall–Kier alpha value is -1.31. The maximum absolute atomic E-state index is 10.2. The highest BCUT2D eigenvalue weighted by atomic mass is 16.1. The highest BCUT2D eigenvalue weighted by Gasteiger charge is 1.85. The van der Waals surface area contributed by atoms with Crippen molar-refractivity contribution < 1.29 is 4.79 Å². The average Bonchev–Trinajstić information content (AvgIpc) is 1.82. The first-order chi connectivity index (χ1) is 4.20. The molecular weight excluding hydrogens is 114 g/mol. The molecule has 0 spiro atoms. The third-order valence-corrected chi connectivity index (χ3v) is 0.780. The van der Waals surface area contributed by atoms with Crippen molar-refractivity contribution >= 4 is 5.91 Å². The molecule has 0 atom stereocenters. The van der Waals surface area contributed by atoms with Crippen LogP contribution in [0.1, 0.15) is 0 Å². The van der Waals surface area contributed by atoms with Crippen molar-refractivity contribution in [3.8, 4) is 0 Å². The van der Waals surface area contributed by atoms with Crippen LogP contribution in [0.2, 0.25) is 0 Å². The van der Waals surface area contributed by atoms with Gasteiger partial charge in [-0.25, -0.2) is 0 Å². The molecular formula is C7H9NO. The normalized spacial score (nSPS) is 7.56. The predicted molar refractivity (Wildman–Crippen MR) is 37.7 cm³/mol. The number of hydrogen-bond donors (Lipinski definition) is 1. The Bertz CT molecular complexity index is 158. The number of amides is 1. The van der Waals surface area contributed by atoms with Gasteiger partial charge in [0.05, 0.1) is 0 Å². The number of primary amides is 1. The van der Waals surface area contributed by atoms with Crippen molar-refractivity contribution in [2.45, 2.75) is 0 Å². The minimum atomic E-state index is -0.482. The first kappa shape index (κ1) is 7.69. The van der Waals surface area contributed by atoms with E-state index in [1.165, 1.54) is 18.2 Å². The maximum atomic E-state index is 10.2. The van der Waals surface area contributed by atoms with E-state index in [1.807, 2.05) is 0 Å². The lowest BCUT2D eigenvalue weighted by atomic mass is 10.2. The first-order valence-corrected chi connectivity index (χ1v) is 2.46. The van der Waals surface area contributed by atoms with E-state index in [9.17, 15) is 4.79 Å². The van der Waals surface area contributed by atoms with Gasteiger partial charge in [-0.3, -0.25) is 4.79 Å². The van der Waals surface area contributed by atoms with Crippen LogP contribution < -0.4 is 5.73 Å². The minimum Gasteiger partial charge on any atom is -0.366 e. The van der Waals surface area contributed by atoms with Gasteiger partial charge < -0.3 is 5.73 Å². The minimum absolute atomic E-state index is 0.482. The molecule has 2 N–H and O–H groups in total. The molecule has 0 saturated heterocycles. The summed E-state index contributed by atoms with van der Waals surface area (Å²) in [6.07, 6.45) is 4.29. The Morgan fingerprint density at radius 3 is 1.89 bits per heavy atom. The van der Waals surface area contributed by atoms with E-state index in [-0.39, 0.29) is 0 Å². The van der Waals surface area contributed by atoms with E-state index in [0.29, 0.717) is 5.57 Å². The average molecular weight is 123 g/mol. The van der Waals surface area contributed by atoms with E-state index < -0.39 is 5.91 Å². The van der Waals surface area contributed by atoms with E-state index in [2.05, 4.69) is 13.2 Å². The van der Waals surface area contributed by atoms with Gasteiger partial charge in [0, 0.05) is 6.08 Å². The molecule has 0 saturated carbocycles. The molecule has 0 aromatic heterocycles. The topological polar surface area (TPSA) is 43.1 Å². The summed E-state index contributed by atoms with van der Waals surface area (Å²) >= 11 is 0. The molecule has 0 fully saturated rings. The number of rotatable bonds is 3. The number of hydrogen-bond acceptors (Lipinski definition) is 1. The largest absolute Gasteiger partial charge is 0.366 e. The van der Waals surface area contributed by atoms with E-state index in [4.69, 9.17) is 5.73 Å². The molecule has 0 heterocycles. The van der Waals surface area contributed by atoms with Crippen LogP contribution >= 0.6 is 0 Å². The highest BCUT2D eigenvalue weighted by molar-refractivity contribution is 5.87. The zero-order chi connectivity index (χ0) is 7.28. The molecule has 0 aliphatic rings. The molecule has 1 amide bonds. The third kappa shape index (κ3) is 3.29. The summed E-state index contributed by atoms with van der Waals surface area (Å²) in [4.78, 5) is 10.2. The predicted octanol–water partition coefficient (Wildman–Crippen LogP) is 0.770. The maximum Gasteiger partial charge on any atom is 0.241 e. The fourth-order valence-electron chi connectivity index (χ4n) is 0.365. The Morgan fingerprint density at radius 1 is 1.33 bits per heavy atom. The van der Waals surface area contributed by atoms with Gasteiger partial charge in [-0.15, -0.1) is 0 Å². The molecule has 0 unspecified atom stereocenters. The standard InChI is InChI=1S/C7H9NO/c1-3-6(4-2)5-7(8)9/h3-5H,1-2H2,(H2,8,9). The molecule has 0 bridgehead atoms. The summed E-state index contributed by atoms with van der Waals surface area (Å²) in [6.45, 7) is 6.88. The van der Waals surface area contributed by atoms with Gasteiger partial charge in [-0.1, -0.05) is 25.3 Å². The number of nitrogens with two attached hydrogens (primary N) is 1. The van der Waals surface area contributed by atoms with Crippen molar-refractivity contribution in [2.24, 2.45) is 5.73 Å².